The molecule has 0 saturated carbocycles. The molecule has 1 aromatic carbocycles. The van der Waals surface area contributed by atoms with Gasteiger partial charge in [-0.3, -0.25) is 4.79 Å². The van der Waals surface area contributed by atoms with E-state index in [0.717, 1.165) is 12.8 Å². The van der Waals surface area contributed by atoms with Crippen molar-refractivity contribution >= 4 is 18.3 Å². The fraction of sp³-hybridized carbons (Fsp3) is 0.533. The van der Waals surface area contributed by atoms with Gasteiger partial charge in [-0.15, -0.1) is 12.4 Å². The smallest absolute Gasteiger partial charge is 0.222 e. The standard InChI is InChI=1S/C15H24N2O2.ClH/c1-3-12-4-6-13(7-5-12)8-9-17-15(18)10-14(11-16)19-2;/h4-7,14H,3,8-11,16H2,1-2H3,(H,17,18);1H. The molecule has 0 heterocycles. The van der Waals surface area contributed by atoms with E-state index in [2.05, 4.69) is 36.5 Å². The van der Waals surface area contributed by atoms with Crippen LogP contribution in [0, 0.1) is 0 Å². The Bertz CT molecular complexity index is 378. The van der Waals surface area contributed by atoms with Crippen LogP contribution in [0.4, 0.5) is 0 Å². The molecular weight excluding hydrogens is 276 g/mol. The van der Waals surface area contributed by atoms with Gasteiger partial charge in [-0.25, -0.2) is 0 Å². The van der Waals surface area contributed by atoms with Gasteiger partial charge in [-0.05, 0) is 24.0 Å². The second-order valence-electron chi connectivity index (χ2n) is 4.57. The third-order valence-electron chi connectivity index (χ3n) is 3.18. The number of hydrogen-bond acceptors (Lipinski definition) is 3. The molecule has 0 bridgehead atoms. The third kappa shape index (κ3) is 6.89. The molecular formula is C15H25ClN2O2. The van der Waals surface area contributed by atoms with E-state index in [1.807, 2.05) is 0 Å². The van der Waals surface area contributed by atoms with Crippen LogP contribution in [0.15, 0.2) is 24.3 Å². The summed E-state index contributed by atoms with van der Waals surface area (Å²) in [4.78, 5) is 11.6. The van der Waals surface area contributed by atoms with Gasteiger partial charge < -0.3 is 15.8 Å². The summed E-state index contributed by atoms with van der Waals surface area (Å²) in [6, 6.07) is 8.49. The highest BCUT2D eigenvalue weighted by Crippen LogP contribution is 2.05. The lowest BCUT2D eigenvalue weighted by Crippen LogP contribution is -2.33. The number of nitrogens with one attached hydrogen (secondary N) is 1. The zero-order valence-corrected chi connectivity index (χ0v) is 13.0. The van der Waals surface area contributed by atoms with Gasteiger partial charge in [0.2, 0.25) is 5.91 Å². The molecule has 0 saturated heterocycles. The molecule has 20 heavy (non-hydrogen) atoms. The summed E-state index contributed by atoms with van der Waals surface area (Å²) in [6.45, 7) is 3.15. The Hall–Kier alpha value is -1.10. The Labute approximate surface area is 127 Å². The van der Waals surface area contributed by atoms with Gasteiger partial charge in [0.25, 0.3) is 0 Å². The number of carbonyl (C=O) groups excluding carboxylic acids is 1. The topological polar surface area (TPSA) is 64.4 Å². The average Bonchev–Trinajstić information content (AvgIpc) is 2.45. The highest BCUT2D eigenvalue weighted by Gasteiger charge is 2.10. The maximum atomic E-state index is 11.6. The number of carbonyl (C=O) groups is 1. The lowest BCUT2D eigenvalue weighted by Gasteiger charge is -2.12. The van der Waals surface area contributed by atoms with Crippen molar-refractivity contribution in [3.63, 3.8) is 0 Å². The molecule has 1 rings (SSSR count). The predicted molar refractivity (Wildman–Crippen MR) is 84.3 cm³/mol. The second-order valence-corrected chi connectivity index (χ2v) is 4.57. The molecule has 1 unspecified atom stereocenters. The van der Waals surface area contributed by atoms with Crippen LogP contribution < -0.4 is 11.1 Å². The Morgan fingerprint density at radius 1 is 1.30 bits per heavy atom. The summed E-state index contributed by atoms with van der Waals surface area (Å²) < 4.78 is 5.07. The lowest BCUT2D eigenvalue weighted by molar-refractivity contribution is -0.123. The molecule has 3 N–H and O–H groups in total. The minimum atomic E-state index is -0.191. The molecule has 114 valence electrons. The number of ether oxygens (including phenoxy) is 1. The number of rotatable bonds is 8. The number of amides is 1. The summed E-state index contributed by atoms with van der Waals surface area (Å²) in [7, 11) is 1.57. The average molecular weight is 301 g/mol. The molecule has 0 aliphatic heterocycles. The molecule has 0 spiro atoms. The number of halogens is 1. The van der Waals surface area contributed by atoms with Gasteiger partial charge in [-0.2, -0.15) is 0 Å². The van der Waals surface area contributed by atoms with Crippen molar-refractivity contribution in [2.75, 3.05) is 20.2 Å². The van der Waals surface area contributed by atoms with Gasteiger partial charge in [0.05, 0.1) is 12.5 Å². The van der Waals surface area contributed by atoms with Crippen molar-refractivity contribution in [3.05, 3.63) is 35.4 Å². The first-order valence-electron chi connectivity index (χ1n) is 6.77. The van der Waals surface area contributed by atoms with Gasteiger partial charge in [0, 0.05) is 20.2 Å². The van der Waals surface area contributed by atoms with Crippen LogP contribution in [-0.2, 0) is 22.4 Å². The van der Waals surface area contributed by atoms with E-state index in [9.17, 15) is 4.79 Å². The van der Waals surface area contributed by atoms with Gasteiger partial charge in [0.1, 0.15) is 0 Å². The fourth-order valence-electron chi connectivity index (χ4n) is 1.83. The zero-order chi connectivity index (χ0) is 14.1. The Morgan fingerprint density at radius 2 is 1.90 bits per heavy atom. The van der Waals surface area contributed by atoms with Crippen LogP contribution in [0.5, 0.6) is 0 Å². The van der Waals surface area contributed by atoms with Crippen molar-refractivity contribution in [3.8, 4) is 0 Å². The molecule has 4 nitrogen and oxygen atoms in total. The number of hydrogen-bond donors (Lipinski definition) is 2. The molecule has 1 amide bonds. The Balaban J connectivity index is 0.00000361. The van der Waals surface area contributed by atoms with Crippen LogP contribution in [0.25, 0.3) is 0 Å². The van der Waals surface area contributed by atoms with Gasteiger partial charge >= 0.3 is 0 Å². The number of nitrogens with two attached hydrogens (primary N) is 1. The first-order chi connectivity index (χ1) is 9.19. The van der Waals surface area contributed by atoms with E-state index in [0.29, 0.717) is 19.5 Å². The highest BCUT2D eigenvalue weighted by molar-refractivity contribution is 5.85. The van der Waals surface area contributed by atoms with Crippen molar-refractivity contribution < 1.29 is 9.53 Å². The van der Waals surface area contributed by atoms with Crippen LogP contribution >= 0.6 is 12.4 Å². The highest BCUT2D eigenvalue weighted by atomic mass is 35.5. The lowest BCUT2D eigenvalue weighted by atomic mass is 10.1. The van der Waals surface area contributed by atoms with E-state index in [4.69, 9.17) is 10.5 Å². The minimum Gasteiger partial charge on any atom is -0.380 e. The molecule has 0 aromatic heterocycles. The Morgan fingerprint density at radius 3 is 2.40 bits per heavy atom. The monoisotopic (exact) mass is 300 g/mol. The first kappa shape index (κ1) is 18.9. The van der Waals surface area contributed by atoms with E-state index in [-0.39, 0.29) is 24.4 Å². The van der Waals surface area contributed by atoms with E-state index < -0.39 is 0 Å². The number of benzene rings is 1. The third-order valence-corrected chi connectivity index (χ3v) is 3.18. The maximum absolute atomic E-state index is 11.6. The zero-order valence-electron chi connectivity index (χ0n) is 12.2. The van der Waals surface area contributed by atoms with E-state index >= 15 is 0 Å². The van der Waals surface area contributed by atoms with Crippen LogP contribution in [0.1, 0.15) is 24.5 Å². The van der Waals surface area contributed by atoms with E-state index in [1.54, 1.807) is 7.11 Å². The molecule has 5 heteroatoms. The largest absolute Gasteiger partial charge is 0.380 e. The molecule has 0 aliphatic carbocycles. The summed E-state index contributed by atoms with van der Waals surface area (Å²) in [6.07, 6.45) is 2.02. The fourth-order valence-corrected chi connectivity index (χ4v) is 1.83. The van der Waals surface area contributed by atoms with Crippen LogP contribution in [0.2, 0.25) is 0 Å². The van der Waals surface area contributed by atoms with Gasteiger partial charge in [-0.1, -0.05) is 31.2 Å². The number of aryl methyl sites for hydroxylation is 1. The SMILES string of the molecule is CCc1ccc(CCNC(=O)CC(CN)OC)cc1.Cl. The van der Waals surface area contributed by atoms with Crippen LogP contribution in [-0.4, -0.2) is 32.2 Å². The molecule has 0 fully saturated rings. The molecule has 0 radical (unpaired) electrons. The molecule has 1 aromatic rings. The van der Waals surface area contributed by atoms with Gasteiger partial charge in [0.15, 0.2) is 0 Å². The predicted octanol–water partition coefficient (Wildman–Crippen LogP) is 1.69. The summed E-state index contributed by atoms with van der Waals surface area (Å²) in [5.41, 5.74) is 8.04. The number of methoxy groups -OCH3 is 1. The van der Waals surface area contributed by atoms with Crippen molar-refractivity contribution in [2.24, 2.45) is 5.73 Å². The second kappa shape index (κ2) is 10.7. The van der Waals surface area contributed by atoms with Crippen molar-refractivity contribution in [1.29, 1.82) is 0 Å². The maximum Gasteiger partial charge on any atom is 0.222 e. The van der Waals surface area contributed by atoms with Crippen LogP contribution in [0.3, 0.4) is 0 Å². The quantitative estimate of drug-likeness (QED) is 0.768. The minimum absolute atomic E-state index is 0. The Kier molecular flexibility index (Phi) is 10.1. The normalized spacial score (nSPS) is 11.6. The molecule has 0 aliphatic rings. The first-order valence-corrected chi connectivity index (χ1v) is 6.77. The van der Waals surface area contributed by atoms with Crippen molar-refractivity contribution in [2.45, 2.75) is 32.3 Å². The molecule has 1 atom stereocenters. The summed E-state index contributed by atoms with van der Waals surface area (Å²) in [5, 5.41) is 2.88. The summed E-state index contributed by atoms with van der Waals surface area (Å²) in [5.74, 6) is -0.0116. The van der Waals surface area contributed by atoms with E-state index in [1.165, 1.54) is 11.1 Å². The van der Waals surface area contributed by atoms with Crippen molar-refractivity contribution in [1.82, 2.24) is 5.32 Å². The summed E-state index contributed by atoms with van der Waals surface area (Å²) >= 11 is 0.